The van der Waals surface area contributed by atoms with Gasteiger partial charge in [-0.25, -0.2) is 0 Å². The molecule has 132 valence electrons. The summed E-state index contributed by atoms with van der Waals surface area (Å²) in [5.74, 6) is 0.719. The van der Waals surface area contributed by atoms with Gasteiger partial charge in [-0.3, -0.25) is 4.79 Å². The van der Waals surface area contributed by atoms with Gasteiger partial charge < -0.3 is 15.0 Å². The third-order valence-electron chi connectivity index (χ3n) is 5.31. The van der Waals surface area contributed by atoms with Crippen LogP contribution in [0.2, 0.25) is 0 Å². The number of para-hydroxylation sites is 1. The molecule has 1 aromatic heterocycles. The summed E-state index contributed by atoms with van der Waals surface area (Å²) in [6.07, 6.45) is 2.77. The Labute approximate surface area is 151 Å². The number of carbonyl (C=O) groups excluding carboxylic acids is 1. The molecule has 1 saturated heterocycles. The summed E-state index contributed by atoms with van der Waals surface area (Å²) in [7, 11) is 0. The lowest BCUT2D eigenvalue weighted by molar-refractivity contribution is -0.0235. The Morgan fingerprint density at radius 2 is 2.20 bits per heavy atom. The topological polar surface area (TPSA) is 67.4 Å². The van der Waals surface area contributed by atoms with Crippen LogP contribution in [0, 0.1) is 0 Å². The Morgan fingerprint density at radius 3 is 2.92 bits per heavy atom. The van der Waals surface area contributed by atoms with Crippen molar-refractivity contribution in [2.24, 2.45) is 0 Å². The first kappa shape index (κ1) is 16.5. The molecule has 1 amide bonds. The van der Waals surface area contributed by atoms with Crippen LogP contribution >= 0.6 is 11.5 Å². The second-order valence-corrected chi connectivity index (χ2v) is 7.39. The van der Waals surface area contributed by atoms with E-state index in [1.54, 1.807) is 5.38 Å². The minimum absolute atomic E-state index is 0.0627. The Balaban J connectivity index is 1.58. The van der Waals surface area contributed by atoms with E-state index in [0.717, 1.165) is 50.2 Å². The highest BCUT2D eigenvalue weighted by Crippen LogP contribution is 2.44. The van der Waals surface area contributed by atoms with Gasteiger partial charge in [-0.1, -0.05) is 29.6 Å². The van der Waals surface area contributed by atoms with E-state index in [9.17, 15) is 4.79 Å². The summed E-state index contributed by atoms with van der Waals surface area (Å²) in [4.78, 5) is 14.9. The summed E-state index contributed by atoms with van der Waals surface area (Å²) in [5.41, 5.74) is 1.23. The van der Waals surface area contributed by atoms with E-state index < -0.39 is 0 Å². The Morgan fingerprint density at radius 1 is 1.40 bits per heavy atom. The normalized spacial score (nSPS) is 22.2. The predicted octanol–water partition coefficient (Wildman–Crippen LogP) is 2.65. The summed E-state index contributed by atoms with van der Waals surface area (Å²) in [6.45, 7) is 5.34. The van der Waals surface area contributed by atoms with Crippen LogP contribution in [0.1, 0.15) is 48.3 Å². The van der Waals surface area contributed by atoms with Crippen LogP contribution in [0.25, 0.3) is 0 Å². The SMILES string of the molecule is CCN1CCC2(CC1)CC(NC(=O)c1csnn1)c1ccccc1O2. The average Bonchev–Trinajstić information content (AvgIpc) is 3.17. The van der Waals surface area contributed by atoms with Crippen LogP contribution in [0.5, 0.6) is 5.75 Å². The zero-order valence-electron chi connectivity index (χ0n) is 14.3. The van der Waals surface area contributed by atoms with Crippen LogP contribution in [-0.4, -0.2) is 45.6 Å². The third-order valence-corrected chi connectivity index (χ3v) is 5.81. The van der Waals surface area contributed by atoms with E-state index in [1.165, 1.54) is 11.5 Å². The predicted molar refractivity (Wildman–Crippen MR) is 95.9 cm³/mol. The number of hydrogen-bond acceptors (Lipinski definition) is 6. The van der Waals surface area contributed by atoms with Gasteiger partial charge >= 0.3 is 0 Å². The molecule has 1 N–H and O–H groups in total. The highest BCUT2D eigenvalue weighted by atomic mass is 32.1. The number of likely N-dealkylation sites (tertiary alicyclic amines) is 1. The van der Waals surface area contributed by atoms with Crippen molar-refractivity contribution in [2.75, 3.05) is 19.6 Å². The molecule has 4 rings (SSSR count). The van der Waals surface area contributed by atoms with E-state index >= 15 is 0 Å². The molecule has 25 heavy (non-hydrogen) atoms. The standard InChI is InChI=1S/C18H22N4O2S/c1-2-22-9-7-18(8-10-22)11-14(13-5-3-4-6-16(13)24-18)19-17(23)15-12-25-21-20-15/h3-6,12,14H,2,7-11H2,1H3,(H,19,23). The van der Waals surface area contributed by atoms with Crippen molar-refractivity contribution < 1.29 is 9.53 Å². The molecule has 1 unspecified atom stereocenters. The monoisotopic (exact) mass is 358 g/mol. The lowest BCUT2D eigenvalue weighted by Gasteiger charge is -2.46. The molecule has 0 saturated carbocycles. The molecular weight excluding hydrogens is 336 g/mol. The molecule has 1 fully saturated rings. The van der Waals surface area contributed by atoms with Crippen molar-refractivity contribution in [1.29, 1.82) is 0 Å². The fraction of sp³-hybridized carbons (Fsp3) is 0.500. The first-order valence-electron chi connectivity index (χ1n) is 8.77. The zero-order valence-corrected chi connectivity index (χ0v) is 15.1. The molecule has 0 bridgehead atoms. The van der Waals surface area contributed by atoms with Crippen LogP contribution in [0.4, 0.5) is 0 Å². The number of nitrogens with zero attached hydrogens (tertiary/aromatic N) is 3. The number of piperidine rings is 1. The molecule has 1 aromatic carbocycles. The molecule has 1 atom stereocenters. The smallest absolute Gasteiger partial charge is 0.273 e. The molecule has 2 aromatic rings. The van der Waals surface area contributed by atoms with E-state index in [2.05, 4.69) is 26.7 Å². The van der Waals surface area contributed by atoms with Crippen LogP contribution in [0.3, 0.4) is 0 Å². The largest absolute Gasteiger partial charge is 0.487 e. The average molecular weight is 358 g/mol. The van der Waals surface area contributed by atoms with Crippen molar-refractivity contribution in [3.8, 4) is 5.75 Å². The fourth-order valence-corrected chi connectivity index (χ4v) is 4.26. The van der Waals surface area contributed by atoms with E-state index in [-0.39, 0.29) is 17.6 Å². The van der Waals surface area contributed by atoms with Gasteiger partial charge in [-0.2, -0.15) is 0 Å². The van der Waals surface area contributed by atoms with Gasteiger partial charge in [0.1, 0.15) is 11.4 Å². The van der Waals surface area contributed by atoms with E-state index in [4.69, 9.17) is 4.74 Å². The van der Waals surface area contributed by atoms with Gasteiger partial charge in [0.25, 0.3) is 5.91 Å². The van der Waals surface area contributed by atoms with Crippen LogP contribution < -0.4 is 10.1 Å². The van der Waals surface area contributed by atoms with Gasteiger partial charge in [0.15, 0.2) is 5.69 Å². The first-order valence-corrected chi connectivity index (χ1v) is 9.61. The second-order valence-electron chi connectivity index (χ2n) is 6.78. The maximum atomic E-state index is 12.5. The molecular formula is C18H22N4O2S. The minimum atomic E-state index is -0.196. The number of benzene rings is 1. The summed E-state index contributed by atoms with van der Waals surface area (Å²) in [6, 6.07) is 7.96. The molecule has 6 nitrogen and oxygen atoms in total. The van der Waals surface area contributed by atoms with Gasteiger partial charge in [0.05, 0.1) is 6.04 Å². The highest BCUT2D eigenvalue weighted by molar-refractivity contribution is 7.03. The van der Waals surface area contributed by atoms with Crippen molar-refractivity contribution in [3.63, 3.8) is 0 Å². The number of nitrogens with one attached hydrogen (secondary N) is 1. The Bertz CT molecular complexity index is 741. The number of ether oxygens (including phenoxy) is 1. The molecule has 0 aliphatic carbocycles. The number of aromatic nitrogens is 2. The molecule has 2 aliphatic rings. The lowest BCUT2D eigenvalue weighted by Crippen LogP contribution is -2.52. The quantitative estimate of drug-likeness (QED) is 0.914. The maximum absolute atomic E-state index is 12.5. The first-order chi connectivity index (χ1) is 12.2. The lowest BCUT2D eigenvalue weighted by atomic mass is 9.80. The third kappa shape index (κ3) is 3.26. The van der Waals surface area contributed by atoms with Crippen molar-refractivity contribution in [2.45, 2.75) is 37.8 Å². The Hall–Kier alpha value is -1.99. The minimum Gasteiger partial charge on any atom is -0.487 e. The molecule has 1 spiro atoms. The number of fused-ring (bicyclic) bond motifs is 1. The van der Waals surface area contributed by atoms with Gasteiger partial charge in [-0.05, 0) is 37.0 Å². The summed E-state index contributed by atoms with van der Waals surface area (Å²) < 4.78 is 10.2. The second kappa shape index (κ2) is 6.72. The van der Waals surface area contributed by atoms with Gasteiger partial charge in [0.2, 0.25) is 0 Å². The number of amides is 1. The molecule has 7 heteroatoms. The zero-order chi connectivity index (χ0) is 17.3. The maximum Gasteiger partial charge on any atom is 0.273 e. The van der Waals surface area contributed by atoms with Gasteiger partial charge in [0, 0.05) is 30.5 Å². The van der Waals surface area contributed by atoms with Crippen molar-refractivity contribution in [1.82, 2.24) is 19.8 Å². The molecule has 0 radical (unpaired) electrons. The molecule has 3 heterocycles. The van der Waals surface area contributed by atoms with Crippen molar-refractivity contribution in [3.05, 3.63) is 40.9 Å². The molecule has 2 aliphatic heterocycles. The van der Waals surface area contributed by atoms with Crippen LogP contribution in [0.15, 0.2) is 29.6 Å². The van der Waals surface area contributed by atoms with Crippen LogP contribution in [-0.2, 0) is 0 Å². The fourth-order valence-electron chi connectivity index (χ4n) is 3.83. The van der Waals surface area contributed by atoms with E-state index in [0.29, 0.717) is 5.69 Å². The van der Waals surface area contributed by atoms with E-state index in [1.807, 2.05) is 24.3 Å². The number of hydrogen-bond donors (Lipinski definition) is 1. The summed E-state index contributed by atoms with van der Waals surface area (Å²) in [5, 5.41) is 8.70. The van der Waals surface area contributed by atoms with Crippen molar-refractivity contribution >= 4 is 17.4 Å². The Kier molecular flexibility index (Phi) is 4.43. The summed E-state index contributed by atoms with van der Waals surface area (Å²) >= 11 is 1.19. The van der Waals surface area contributed by atoms with Gasteiger partial charge in [-0.15, -0.1) is 5.10 Å². The number of rotatable bonds is 3. The number of carbonyl (C=O) groups is 1. The highest BCUT2D eigenvalue weighted by Gasteiger charge is 2.43.